The molecule has 4 heteroatoms. The number of rotatable bonds is 4. The Labute approximate surface area is 124 Å². The zero-order chi connectivity index (χ0) is 14.8. The molecule has 3 aromatic rings. The van der Waals surface area contributed by atoms with Crippen LogP contribution in [-0.2, 0) is 13.5 Å². The first-order valence-electron chi connectivity index (χ1n) is 7.20. The molecule has 0 bridgehead atoms. The van der Waals surface area contributed by atoms with E-state index in [9.17, 15) is 0 Å². The predicted molar refractivity (Wildman–Crippen MR) is 85.2 cm³/mol. The molecule has 0 aliphatic heterocycles. The molecule has 0 saturated carbocycles. The van der Waals surface area contributed by atoms with Gasteiger partial charge in [0.15, 0.2) is 0 Å². The smallest absolute Gasteiger partial charge is 0.0705 e. The van der Waals surface area contributed by atoms with Gasteiger partial charge in [-0.2, -0.15) is 5.10 Å². The number of likely N-dealkylation sites (N-methyl/N-ethyl adjacent to an activating group) is 1. The first-order chi connectivity index (χ1) is 10.2. The first-order valence-corrected chi connectivity index (χ1v) is 7.20. The first kappa shape index (κ1) is 13.8. The summed E-state index contributed by atoms with van der Waals surface area (Å²) in [4.78, 5) is 4.76. The monoisotopic (exact) mass is 280 g/mol. The Kier molecular flexibility index (Phi) is 3.71. The fourth-order valence-corrected chi connectivity index (χ4v) is 2.74. The number of para-hydroxylation sites is 1. The number of fused-ring (bicyclic) bond motifs is 1. The van der Waals surface area contributed by atoms with Crippen LogP contribution in [0.5, 0.6) is 0 Å². The molecule has 108 valence electrons. The van der Waals surface area contributed by atoms with Crippen LogP contribution in [-0.4, -0.2) is 21.8 Å². The quantitative estimate of drug-likeness (QED) is 0.799. The van der Waals surface area contributed by atoms with Crippen LogP contribution >= 0.6 is 0 Å². The number of benzene rings is 1. The van der Waals surface area contributed by atoms with Gasteiger partial charge in [-0.1, -0.05) is 24.3 Å². The number of aryl methyl sites for hydroxylation is 2. The van der Waals surface area contributed by atoms with Crippen molar-refractivity contribution < 1.29 is 0 Å². The predicted octanol–water partition coefficient (Wildman–Crippen LogP) is 2.78. The van der Waals surface area contributed by atoms with Gasteiger partial charge < -0.3 is 5.32 Å². The van der Waals surface area contributed by atoms with E-state index in [1.54, 1.807) is 0 Å². The average Bonchev–Trinajstić information content (AvgIpc) is 2.83. The molecule has 2 aromatic heterocycles. The lowest BCUT2D eigenvalue weighted by Gasteiger charge is -2.16. The van der Waals surface area contributed by atoms with E-state index in [-0.39, 0.29) is 6.04 Å². The van der Waals surface area contributed by atoms with Gasteiger partial charge in [0.2, 0.25) is 0 Å². The van der Waals surface area contributed by atoms with Crippen LogP contribution in [0, 0.1) is 6.92 Å². The fourth-order valence-electron chi connectivity index (χ4n) is 2.74. The topological polar surface area (TPSA) is 42.7 Å². The van der Waals surface area contributed by atoms with Crippen LogP contribution in [0.25, 0.3) is 10.9 Å². The van der Waals surface area contributed by atoms with E-state index in [2.05, 4.69) is 40.7 Å². The standard InChI is InChI=1S/C17H20N4/c1-12-10-17(21(3)20-12)16(18-2)11-14-9-8-13-6-4-5-7-15(13)19-14/h4-10,16,18H,11H2,1-3H3. The van der Waals surface area contributed by atoms with Gasteiger partial charge in [-0.05, 0) is 32.2 Å². The third kappa shape index (κ3) is 2.81. The van der Waals surface area contributed by atoms with Crippen molar-refractivity contribution in [3.8, 4) is 0 Å². The van der Waals surface area contributed by atoms with Crippen LogP contribution in [0.15, 0.2) is 42.5 Å². The minimum Gasteiger partial charge on any atom is -0.311 e. The van der Waals surface area contributed by atoms with E-state index in [1.807, 2.05) is 37.8 Å². The molecule has 2 heterocycles. The molecule has 0 aliphatic rings. The van der Waals surface area contributed by atoms with Crippen LogP contribution in [0.4, 0.5) is 0 Å². The summed E-state index contributed by atoms with van der Waals surface area (Å²) in [5, 5.41) is 8.98. The van der Waals surface area contributed by atoms with Crippen LogP contribution in [0.1, 0.15) is 23.1 Å². The van der Waals surface area contributed by atoms with Gasteiger partial charge in [-0.25, -0.2) is 0 Å². The van der Waals surface area contributed by atoms with Crippen molar-refractivity contribution >= 4 is 10.9 Å². The second-order valence-corrected chi connectivity index (χ2v) is 5.37. The Hall–Kier alpha value is -2.20. The molecule has 4 nitrogen and oxygen atoms in total. The van der Waals surface area contributed by atoms with E-state index in [4.69, 9.17) is 4.98 Å². The molecule has 1 unspecified atom stereocenters. The van der Waals surface area contributed by atoms with Gasteiger partial charge in [0.25, 0.3) is 0 Å². The van der Waals surface area contributed by atoms with Gasteiger partial charge >= 0.3 is 0 Å². The Bertz CT molecular complexity index is 760. The van der Waals surface area contributed by atoms with E-state index in [0.717, 1.165) is 23.3 Å². The Morgan fingerprint density at radius 1 is 1.19 bits per heavy atom. The van der Waals surface area contributed by atoms with E-state index < -0.39 is 0 Å². The van der Waals surface area contributed by atoms with Crippen molar-refractivity contribution in [3.63, 3.8) is 0 Å². The third-order valence-electron chi connectivity index (χ3n) is 3.81. The fraction of sp³-hybridized carbons (Fsp3) is 0.294. The van der Waals surface area contributed by atoms with Gasteiger partial charge in [0.1, 0.15) is 0 Å². The summed E-state index contributed by atoms with van der Waals surface area (Å²) in [6.45, 7) is 2.02. The molecular weight excluding hydrogens is 260 g/mol. The highest BCUT2D eigenvalue weighted by atomic mass is 15.3. The highest BCUT2D eigenvalue weighted by Crippen LogP contribution is 2.19. The zero-order valence-corrected chi connectivity index (χ0v) is 12.7. The maximum Gasteiger partial charge on any atom is 0.0705 e. The average molecular weight is 280 g/mol. The largest absolute Gasteiger partial charge is 0.311 e. The van der Waals surface area contributed by atoms with E-state index >= 15 is 0 Å². The summed E-state index contributed by atoms with van der Waals surface area (Å²) < 4.78 is 1.94. The molecule has 0 aliphatic carbocycles. The second kappa shape index (κ2) is 5.66. The summed E-state index contributed by atoms with van der Waals surface area (Å²) in [6, 6.07) is 14.8. The van der Waals surface area contributed by atoms with Crippen molar-refractivity contribution in [2.45, 2.75) is 19.4 Å². The number of pyridine rings is 1. The molecule has 0 amide bonds. The molecule has 0 radical (unpaired) electrons. The molecule has 0 spiro atoms. The maximum atomic E-state index is 4.76. The van der Waals surface area contributed by atoms with Crippen molar-refractivity contribution in [1.82, 2.24) is 20.1 Å². The molecule has 1 aromatic carbocycles. The summed E-state index contributed by atoms with van der Waals surface area (Å²) in [7, 11) is 3.97. The molecule has 0 saturated heterocycles. The van der Waals surface area contributed by atoms with E-state index in [1.165, 1.54) is 11.1 Å². The third-order valence-corrected chi connectivity index (χ3v) is 3.81. The summed E-state index contributed by atoms with van der Waals surface area (Å²) >= 11 is 0. The lowest BCUT2D eigenvalue weighted by Crippen LogP contribution is -2.22. The molecule has 1 N–H and O–H groups in total. The molecule has 1 atom stereocenters. The lowest BCUT2D eigenvalue weighted by molar-refractivity contribution is 0.532. The minimum atomic E-state index is 0.213. The molecule has 3 rings (SSSR count). The highest BCUT2D eigenvalue weighted by molar-refractivity contribution is 5.78. The number of nitrogens with one attached hydrogen (secondary N) is 1. The zero-order valence-electron chi connectivity index (χ0n) is 12.7. The number of hydrogen-bond acceptors (Lipinski definition) is 3. The summed E-state index contributed by atoms with van der Waals surface area (Å²) in [5.74, 6) is 0. The molecule has 21 heavy (non-hydrogen) atoms. The molecular formula is C17H20N4. The SMILES string of the molecule is CNC(Cc1ccc2ccccc2n1)c1cc(C)nn1C. The van der Waals surface area contributed by atoms with Crippen molar-refractivity contribution in [3.05, 3.63) is 59.5 Å². The van der Waals surface area contributed by atoms with Crippen LogP contribution in [0.3, 0.4) is 0 Å². The number of hydrogen-bond donors (Lipinski definition) is 1. The maximum absolute atomic E-state index is 4.76. The van der Waals surface area contributed by atoms with Gasteiger partial charge in [-0.15, -0.1) is 0 Å². The van der Waals surface area contributed by atoms with Crippen molar-refractivity contribution in [1.29, 1.82) is 0 Å². The van der Waals surface area contributed by atoms with Gasteiger partial charge in [-0.3, -0.25) is 9.67 Å². The lowest BCUT2D eigenvalue weighted by atomic mass is 10.1. The number of nitrogens with zero attached hydrogens (tertiary/aromatic N) is 3. The van der Waals surface area contributed by atoms with Crippen LogP contribution < -0.4 is 5.32 Å². The Morgan fingerprint density at radius 3 is 2.71 bits per heavy atom. The van der Waals surface area contributed by atoms with Crippen LogP contribution in [0.2, 0.25) is 0 Å². The van der Waals surface area contributed by atoms with Crippen molar-refractivity contribution in [2.24, 2.45) is 7.05 Å². The minimum absolute atomic E-state index is 0.213. The number of aromatic nitrogens is 3. The van der Waals surface area contributed by atoms with Gasteiger partial charge in [0.05, 0.1) is 22.9 Å². The normalized spacial score (nSPS) is 12.7. The Morgan fingerprint density at radius 2 is 2.00 bits per heavy atom. The highest BCUT2D eigenvalue weighted by Gasteiger charge is 2.15. The van der Waals surface area contributed by atoms with Gasteiger partial charge in [0, 0.05) is 24.5 Å². The summed E-state index contributed by atoms with van der Waals surface area (Å²) in [5.41, 5.74) is 4.36. The van der Waals surface area contributed by atoms with E-state index in [0.29, 0.717) is 0 Å². The van der Waals surface area contributed by atoms with Crippen molar-refractivity contribution in [2.75, 3.05) is 7.05 Å². The summed E-state index contributed by atoms with van der Waals surface area (Å²) in [6.07, 6.45) is 0.848. The second-order valence-electron chi connectivity index (χ2n) is 5.37. The molecule has 0 fully saturated rings. The Balaban J connectivity index is 1.90.